The van der Waals surface area contributed by atoms with Gasteiger partial charge in [0.15, 0.2) is 0 Å². The first kappa shape index (κ1) is 30.5. The Hall–Kier alpha value is -0.580. The summed E-state index contributed by atoms with van der Waals surface area (Å²) in [6.07, 6.45) is 19.5. The van der Waals surface area contributed by atoms with Crippen LogP contribution in [0, 0.1) is 0 Å². The molecule has 0 amide bonds. The minimum atomic E-state index is -3.68. The van der Waals surface area contributed by atoms with E-state index in [1.165, 1.54) is 90.6 Å². The quantitative estimate of drug-likeness (QED) is 0.110. The molecule has 0 aliphatic carbocycles. The SMILES string of the molecule is CCCCCCCCCCCCCCCCOCCCOP(=O)(OC)Oc1ccccc1Cl. The average Bonchev–Trinajstić information content (AvgIpc) is 2.82. The lowest BCUT2D eigenvalue weighted by Gasteiger charge is -2.17. The second-order valence-corrected chi connectivity index (χ2v) is 10.7. The number of benzene rings is 1. The topological polar surface area (TPSA) is 54.0 Å². The Morgan fingerprint density at radius 3 is 1.79 bits per heavy atom. The summed E-state index contributed by atoms with van der Waals surface area (Å²) in [7, 11) is -2.39. The molecule has 1 atom stereocenters. The summed E-state index contributed by atoms with van der Waals surface area (Å²) in [6.45, 7) is 3.83. The van der Waals surface area contributed by atoms with Crippen molar-refractivity contribution in [3.8, 4) is 5.75 Å². The number of hydrogen-bond donors (Lipinski definition) is 0. The summed E-state index contributed by atoms with van der Waals surface area (Å²) >= 11 is 6.03. The fraction of sp³-hybridized carbons (Fsp3) is 0.769. The molecule has 0 heterocycles. The molecule has 0 saturated heterocycles. The van der Waals surface area contributed by atoms with Gasteiger partial charge in [0.05, 0.1) is 11.6 Å². The molecule has 1 rings (SSSR count). The van der Waals surface area contributed by atoms with Crippen molar-refractivity contribution < 1.29 is 22.9 Å². The van der Waals surface area contributed by atoms with E-state index in [0.29, 0.717) is 18.1 Å². The van der Waals surface area contributed by atoms with Gasteiger partial charge in [-0.3, -0.25) is 9.05 Å². The van der Waals surface area contributed by atoms with Crippen molar-refractivity contribution in [2.45, 2.75) is 103 Å². The summed E-state index contributed by atoms with van der Waals surface area (Å²) in [5, 5.41) is 0.356. The van der Waals surface area contributed by atoms with Gasteiger partial charge in [0, 0.05) is 20.3 Å². The molecule has 0 aromatic heterocycles. The summed E-state index contributed by atoms with van der Waals surface area (Å²) < 4.78 is 33.8. The zero-order valence-electron chi connectivity index (χ0n) is 20.9. The highest BCUT2D eigenvalue weighted by atomic mass is 35.5. The van der Waals surface area contributed by atoms with Gasteiger partial charge in [0.25, 0.3) is 0 Å². The van der Waals surface area contributed by atoms with Gasteiger partial charge in [-0.25, -0.2) is 4.57 Å². The summed E-state index contributed by atoms with van der Waals surface area (Å²) in [6, 6.07) is 6.79. The van der Waals surface area contributed by atoms with Gasteiger partial charge in [-0.05, 0) is 25.0 Å². The second kappa shape index (κ2) is 20.8. The third-order valence-corrected chi connectivity index (χ3v) is 7.27. The van der Waals surface area contributed by atoms with Crippen molar-refractivity contribution >= 4 is 19.4 Å². The minimum Gasteiger partial charge on any atom is -0.402 e. The standard InChI is InChI=1S/C26H46ClO5P/c1-3-4-5-6-7-8-9-10-11-12-13-14-15-18-22-30-23-19-24-31-33(28,29-2)32-26-21-17-16-20-25(26)27/h16-17,20-21H,3-15,18-19,22-24H2,1-2H3. The van der Waals surface area contributed by atoms with E-state index in [1.807, 2.05) is 0 Å². The Labute approximate surface area is 207 Å². The molecule has 0 bridgehead atoms. The fourth-order valence-electron chi connectivity index (χ4n) is 3.59. The first-order valence-corrected chi connectivity index (χ1v) is 14.8. The highest BCUT2D eigenvalue weighted by Gasteiger charge is 2.27. The van der Waals surface area contributed by atoms with Crippen LogP contribution in [0.1, 0.15) is 103 Å². The van der Waals surface area contributed by atoms with Gasteiger partial charge >= 0.3 is 7.82 Å². The lowest BCUT2D eigenvalue weighted by atomic mass is 10.0. The van der Waals surface area contributed by atoms with E-state index in [0.717, 1.165) is 13.0 Å². The molecule has 7 heteroatoms. The van der Waals surface area contributed by atoms with E-state index in [4.69, 9.17) is 29.9 Å². The molecule has 0 aliphatic rings. The molecule has 192 valence electrons. The van der Waals surface area contributed by atoms with Gasteiger partial charge in [0.1, 0.15) is 5.75 Å². The van der Waals surface area contributed by atoms with Crippen LogP contribution < -0.4 is 4.52 Å². The molecular formula is C26H46ClO5P. The Morgan fingerprint density at radius 1 is 0.727 bits per heavy atom. The van der Waals surface area contributed by atoms with Crippen LogP contribution in [-0.4, -0.2) is 26.9 Å². The molecule has 0 spiro atoms. The predicted octanol–water partition coefficient (Wildman–Crippen LogP) is 9.38. The number of phosphoric acid groups is 1. The third kappa shape index (κ3) is 16.6. The van der Waals surface area contributed by atoms with Crippen LogP contribution in [0.25, 0.3) is 0 Å². The largest absolute Gasteiger partial charge is 0.529 e. The zero-order valence-corrected chi connectivity index (χ0v) is 22.6. The lowest BCUT2D eigenvalue weighted by molar-refractivity contribution is 0.106. The Morgan fingerprint density at radius 2 is 1.24 bits per heavy atom. The summed E-state index contributed by atoms with van der Waals surface area (Å²) in [4.78, 5) is 0. The van der Waals surface area contributed by atoms with Crippen molar-refractivity contribution in [2.75, 3.05) is 26.9 Å². The van der Waals surface area contributed by atoms with Gasteiger partial charge in [-0.1, -0.05) is 114 Å². The van der Waals surface area contributed by atoms with E-state index in [9.17, 15) is 4.57 Å². The molecule has 5 nitrogen and oxygen atoms in total. The van der Waals surface area contributed by atoms with Crippen molar-refractivity contribution in [2.24, 2.45) is 0 Å². The van der Waals surface area contributed by atoms with Gasteiger partial charge < -0.3 is 9.26 Å². The number of para-hydroxylation sites is 1. The van der Waals surface area contributed by atoms with Gasteiger partial charge in [-0.2, -0.15) is 0 Å². The van der Waals surface area contributed by atoms with Crippen LogP contribution in [0.5, 0.6) is 5.75 Å². The van der Waals surface area contributed by atoms with Crippen LogP contribution in [0.3, 0.4) is 0 Å². The molecule has 0 saturated carbocycles. The van der Waals surface area contributed by atoms with Gasteiger partial charge in [-0.15, -0.1) is 0 Å². The van der Waals surface area contributed by atoms with Crippen molar-refractivity contribution in [3.63, 3.8) is 0 Å². The number of hydrogen-bond acceptors (Lipinski definition) is 5. The van der Waals surface area contributed by atoms with Crippen LogP contribution in [0.15, 0.2) is 24.3 Å². The van der Waals surface area contributed by atoms with Crippen molar-refractivity contribution in [3.05, 3.63) is 29.3 Å². The molecule has 1 unspecified atom stereocenters. The molecule has 0 fully saturated rings. The van der Waals surface area contributed by atoms with Crippen molar-refractivity contribution in [1.29, 1.82) is 0 Å². The number of halogens is 1. The van der Waals surface area contributed by atoms with Crippen LogP contribution in [0.4, 0.5) is 0 Å². The maximum absolute atomic E-state index is 12.5. The number of phosphoric ester groups is 1. The van der Waals surface area contributed by atoms with Gasteiger partial charge in [0.2, 0.25) is 0 Å². The van der Waals surface area contributed by atoms with E-state index in [1.54, 1.807) is 24.3 Å². The smallest absolute Gasteiger partial charge is 0.402 e. The lowest BCUT2D eigenvalue weighted by Crippen LogP contribution is -2.05. The molecule has 0 N–H and O–H groups in total. The van der Waals surface area contributed by atoms with Crippen LogP contribution in [0.2, 0.25) is 5.02 Å². The normalized spacial score (nSPS) is 13.2. The molecule has 33 heavy (non-hydrogen) atoms. The number of ether oxygens (including phenoxy) is 1. The molecular weight excluding hydrogens is 459 g/mol. The van der Waals surface area contributed by atoms with Crippen LogP contribution >= 0.6 is 19.4 Å². The first-order valence-electron chi connectivity index (χ1n) is 12.9. The fourth-order valence-corrected chi connectivity index (χ4v) is 4.81. The van der Waals surface area contributed by atoms with E-state index in [-0.39, 0.29) is 12.4 Å². The van der Waals surface area contributed by atoms with E-state index < -0.39 is 7.82 Å². The average molecular weight is 505 g/mol. The van der Waals surface area contributed by atoms with Crippen LogP contribution in [-0.2, 0) is 18.3 Å². The van der Waals surface area contributed by atoms with E-state index in [2.05, 4.69) is 6.92 Å². The Balaban J connectivity index is 1.88. The molecule has 0 radical (unpaired) electrons. The summed E-state index contributed by atoms with van der Waals surface area (Å²) in [5.74, 6) is 0.276. The Kier molecular flexibility index (Phi) is 19.2. The first-order chi connectivity index (χ1) is 16.1. The summed E-state index contributed by atoms with van der Waals surface area (Å²) in [5.41, 5.74) is 0. The Bertz CT molecular complexity index is 628. The molecule has 1 aromatic carbocycles. The third-order valence-electron chi connectivity index (χ3n) is 5.60. The van der Waals surface area contributed by atoms with Crippen molar-refractivity contribution in [1.82, 2.24) is 0 Å². The highest BCUT2D eigenvalue weighted by molar-refractivity contribution is 7.48. The minimum absolute atomic E-state index is 0.230. The maximum Gasteiger partial charge on any atom is 0.529 e. The molecule has 1 aromatic rings. The predicted molar refractivity (Wildman–Crippen MR) is 138 cm³/mol. The monoisotopic (exact) mass is 504 g/mol. The zero-order chi connectivity index (χ0) is 24.0. The highest BCUT2D eigenvalue weighted by Crippen LogP contribution is 2.50. The van der Waals surface area contributed by atoms with E-state index >= 15 is 0 Å². The maximum atomic E-state index is 12.5. The number of unbranched alkanes of at least 4 members (excludes halogenated alkanes) is 13. The molecule has 0 aliphatic heterocycles. The number of rotatable bonds is 23. The second-order valence-electron chi connectivity index (χ2n) is 8.55.